The lowest BCUT2D eigenvalue weighted by Crippen LogP contribution is -2.11. The molecular formula is C10H5ClF3NO2. The molecule has 0 heterocycles. The second kappa shape index (κ2) is 4.63. The van der Waals surface area contributed by atoms with Crippen molar-refractivity contribution >= 4 is 17.6 Å². The Kier molecular flexibility index (Phi) is 3.63. The molecule has 0 amide bonds. The van der Waals surface area contributed by atoms with Gasteiger partial charge in [0.2, 0.25) is 0 Å². The van der Waals surface area contributed by atoms with Gasteiger partial charge in [-0.05, 0) is 11.6 Å². The van der Waals surface area contributed by atoms with E-state index in [0.717, 1.165) is 12.1 Å². The van der Waals surface area contributed by atoms with Crippen molar-refractivity contribution < 1.29 is 23.1 Å². The minimum absolute atomic E-state index is 0.175. The van der Waals surface area contributed by atoms with E-state index in [2.05, 4.69) is 0 Å². The van der Waals surface area contributed by atoms with E-state index in [1.807, 2.05) is 0 Å². The highest BCUT2D eigenvalue weighted by atomic mass is 35.5. The van der Waals surface area contributed by atoms with Crippen molar-refractivity contribution in [2.45, 2.75) is 12.6 Å². The number of nitriles is 1. The lowest BCUT2D eigenvalue weighted by atomic mass is 10.0. The predicted molar refractivity (Wildman–Crippen MR) is 52.5 cm³/mol. The van der Waals surface area contributed by atoms with Crippen molar-refractivity contribution in [2.75, 3.05) is 0 Å². The van der Waals surface area contributed by atoms with Crippen LogP contribution < -0.4 is 0 Å². The van der Waals surface area contributed by atoms with Gasteiger partial charge < -0.3 is 5.11 Å². The van der Waals surface area contributed by atoms with E-state index in [9.17, 15) is 18.0 Å². The number of alkyl halides is 3. The summed E-state index contributed by atoms with van der Waals surface area (Å²) < 4.78 is 37.9. The Morgan fingerprint density at radius 3 is 2.47 bits per heavy atom. The Hall–Kier alpha value is -1.74. The van der Waals surface area contributed by atoms with E-state index in [4.69, 9.17) is 22.0 Å². The summed E-state index contributed by atoms with van der Waals surface area (Å²) in [7, 11) is 0. The van der Waals surface area contributed by atoms with Crippen LogP contribution in [0.5, 0.6) is 0 Å². The van der Waals surface area contributed by atoms with Crippen molar-refractivity contribution in [2.24, 2.45) is 0 Å². The number of benzene rings is 1. The summed E-state index contributed by atoms with van der Waals surface area (Å²) >= 11 is 5.49. The highest BCUT2D eigenvalue weighted by Gasteiger charge is 2.37. The van der Waals surface area contributed by atoms with Gasteiger partial charge in [-0.2, -0.15) is 18.4 Å². The van der Waals surface area contributed by atoms with Crippen molar-refractivity contribution in [3.63, 3.8) is 0 Å². The van der Waals surface area contributed by atoms with Crippen LogP contribution in [0.1, 0.15) is 16.7 Å². The molecule has 0 aromatic heterocycles. The standard InChI is InChI=1S/C10H5ClF3NO2/c11-9-5(3-7(16)17)1-2-6(4-15)8(9)10(12,13)14/h1-2H,3H2,(H,16,17). The topological polar surface area (TPSA) is 61.1 Å². The Balaban J connectivity index is 3.44. The number of nitrogens with zero attached hydrogens (tertiary/aromatic N) is 1. The van der Waals surface area contributed by atoms with Crippen molar-refractivity contribution in [3.8, 4) is 6.07 Å². The molecule has 1 aromatic rings. The third-order valence-corrected chi connectivity index (χ3v) is 2.40. The summed E-state index contributed by atoms with van der Waals surface area (Å²) in [6.45, 7) is 0. The van der Waals surface area contributed by atoms with Crippen LogP contribution in [0.4, 0.5) is 13.2 Å². The van der Waals surface area contributed by atoms with Gasteiger partial charge in [0.1, 0.15) is 0 Å². The van der Waals surface area contributed by atoms with Gasteiger partial charge in [0, 0.05) is 0 Å². The first kappa shape index (κ1) is 13.3. The fourth-order valence-electron chi connectivity index (χ4n) is 1.29. The Morgan fingerprint density at radius 2 is 2.06 bits per heavy atom. The molecule has 0 bridgehead atoms. The molecule has 0 aliphatic rings. The molecule has 0 unspecified atom stereocenters. The minimum Gasteiger partial charge on any atom is -0.481 e. The predicted octanol–water partition coefficient (Wildman–Crippen LogP) is 2.86. The van der Waals surface area contributed by atoms with Crippen LogP contribution in [0.25, 0.3) is 0 Å². The number of rotatable bonds is 2. The molecule has 0 aliphatic carbocycles. The maximum Gasteiger partial charge on any atom is 0.419 e. The van der Waals surface area contributed by atoms with E-state index >= 15 is 0 Å². The number of carbonyl (C=O) groups is 1. The molecule has 0 radical (unpaired) electrons. The Morgan fingerprint density at radius 1 is 1.47 bits per heavy atom. The summed E-state index contributed by atoms with van der Waals surface area (Å²) in [5, 5.41) is 16.3. The lowest BCUT2D eigenvalue weighted by molar-refractivity contribution is -0.138. The lowest BCUT2D eigenvalue weighted by Gasteiger charge is -2.13. The number of hydrogen-bond donors (Lipinski definition) is 1. The molecule has 3 nitrogen and oxygen atoms in total. The third-order valence-electron chi connectivity index (χ3n) is 1.97. The van der Waals surface area contributed by atoms with Gasteiger partial charge in [-0.1, -0.05) is 17.7 Å². The van der Waals surface area contributed by atoms with Gasteiger partial charge in [0.15, 0.2) is 0 Å². The largest absolute Gasteiger partial charge is 0.481 e. The molecule has 1 rings (SSSR count). The molecule has 0 spiro atoms. The fraction of sp³-hybridized carbons (Fsp3) is 0.200. The number of aliphatic carboxylic acids is 1. The molecule has 1 N–H and O–H groups in total. The monoisotopic (exact) mass is 263 g/mol. The van der Waals surface area contributed by atoms with E-state index < -0.39 is 34.7 Å². The molecule has 7 heteroatoms. The summed E-state index contributed by atoms with van der Waals surface area (Å²) in [5.41, 5.74) is -2.09. The first-order valence-corrected chi connectivity index (χ1v) is 4.65. The van der Waals surface area contributed by atoms with Crippen LogP contribution in [-0.4, -0.2) is 11.1 Å². The first-order valence-electron chi connectivity index (χ1n) is 4.28. The third kappa shape index (κ3) is 2.88. The molecule has 90 valence electrons. The second-order valence-corrected chi connectivity index (χ2v) is 3.52. The summed E-state index contributed by atoms with van der Waals surface area (Å²) in [6, 6.07) is 3.38. The van der Waals surface area contributed by atoms with Crippen LogP contribution in [0.15, 0.2) is 12.1 Å². The summed E-state index contributed by atoms with van der Waals surface area (Å²) in [6.07, 6.45) is -5.43. The molecule has 17 heavy (non-hydrogen) atoms. The summed E-state index contributed by atoms with van der Waals surface area (Å²) in [4.78, 5) is 10.4. The van der Waals surface area contributed by atoms with Crippen LogP contribution >= 0.6 is 11.6 Å². The van der Waals surface area contributed by atoms with E-state index in [-0.39, 0.29) is 5.56 Å². The Labute approximate surface area is 99.0 Å². The molecular weight excluding hydrogens is 259 g/mol. The number of carboxylic acid groups (broad SMARTS) is 1. The van der Waals surface area contributed by atoms with Gasteiger partial charge >= 0.3 is 12.1 Å². The van der Waals surface area contributed by atoms with Gasteiger partial charge in [-0.15, -0.1) is 0 Å². The highest BCUT2D eigenvalue weighted by Crippen LogP contribution is 2.38. The second-order valence-electron chi connectivity index (χ2n) is 3.14. The van der Waals surface area contributed by atoms with Crippen molar-refractivity contribution in [1.29, 1.82) is 5.26 Å². The molecule has 0 saturated heterocycles. The zero-order valence-corrected chi connectivity index (χ0v) is 8.93. The zero-order valence-electron chi connectivity index (χ0n) is 8.18. The van der Waals surface area contributed by atoms with Gasteiger partial charge in [0.25, 0.3) is 0 Å². The molecule has 0 fully saturated rings. The normalized spacial score (nSPS) is 11.0. The zero-order chi connectivity index (χ0) is 13.2. The first-order chi connectivity index (χ1) is 7.77. The molecule has 1 aromatic carbocycles. The van der Waals surface area contributed by atoms with Crippen LogP contribution in [-0.2, 0) is 17.4 Å². The number of halogens is 4. The van der Waals surface area contributed by atoms with Gasteiger partial charge in [-0.25, -0.2) is 0 Å². The summed E-state index contributed by atoms with van der Waals surface area (Å²) in [5.74, 6) is -1.30. The maximum absolute atomic E-state index is 12.6. The number of hydrogen-bond acceptors (Lipinski definition) is 2. The molecule has 0 saturated carbocycles. The van der Waals surface area contributed by atoms with Crippen LogP contribution in [0.2, 0.25) is 5.02 Å². The van der Waals surface area contributed by atoms with Crippen LogP contribution in [0.3, 0.4) is 0 Å². The van der Waals surface area contributed by atoms with E-state index in [0.29, 0.717) is 0 Å². The fourth-order valence-corrected chi connectivity index (χ4v) is 1.63. The average molecular weight is 264 g/mol. The molecule has 0 aliphatic heterocycles. The van der Waals surface area contributed by atoms with Gasteiger partial charge in [-0.3, -0.25) is 4.79 Å². The van der Waals surface area contributed by atoms with Crippen LogP contribution in [0, 0.1) is 11.3 Å². The van der Waals surface area contributed by atoms with Gasteiger partial charge in [0.05, 0.1) is 28.6 Å². The molecule has 0 atom stereocenters. The van der Waals surface area contributed by atoms with Crippen molar-refractivity contribution in [1.82, 2.24) is 0 Å². The minimum atomic E-state index is -4.79. The smallest absolute Gasteiger partial charge is 0.419 e. The van der Waals surface area contributed by atoms with E-state index in [1.165, 1.54) is 6.07 Å². The maximum atomic E-state index is 12.6. The van der Waals surface area contributed by atoms with E-state index in [1.54, 1.807) is 0 Å². The highest BCUT2D eigenvalue weighted by molar-refractivity contribution is 6.32. The van der Waals surface area contributed by atoms with Crippen molar-refractivity contribution in [3.05, 3.63) is 33.8 Å². The number of carboxylic acids is 1. The quantitative estimate of drug-likeness (QED) is 0.892. The SMILES string of the molecule is N#Cc1ccc(CC(=O)O)c(Cl)c1C(F)(F)F. The average Bonchev–Trinajstić information content (AvgIpc) is 2.18. The Bertz CT molecular complexity index is 505.